The largest absolute Gasteiger partial charge is 0.392 e. The fourth-order valence-corrected chi connectivity index (χ4v) is 1.04. The quantitative estimate of drug-likeness (QED) is 0.722. The van der Waals surface area contributed by atoms with Crippen LogP contribution in [0.4, 0.5) is 0 Å². The standard InChI is InChI=1S/C7H7BrO/c8-7-4-2-1-3-6(7)5-9/h1-4,9H,5H2/i1+1,2+1,3+1,4+1,6+1,7+1. The number of benzene rings is 1. The summed E-state index contributed by atoms with van der Waals surface area (Å²) in [5, 5.41) is 8.69. The van der Waals surface area contributed by atoms with E-state index in [1.807, 2.05) is 24.3 Å². The van der Waals surface area contributed by atoms with Gasteiger partial charge in [0, 0.05) is 4.47 Å². The fourth-order valence-electron chi connectivity index (χ4n) is 0.627. The van der Waals surface area contributed by atoms with Gasteiger partial charge in [0.15, 0.2) is 0 Å². The molecule has 48 valence electrons. The van der Waals surface area contributed by atoms with Crippen LogP contribution >= 0.6 is 15.9 Å². The third-order valence-electron chi connectivity index (χ3n) is 1.13. The Labute approximate surface area is 62.5 Å². The van der Waals surface area contributed by atoms with Crippen molar-refractivity contribution >= 4 is 15.9 Å². The van der Waals surface area contributed by atoms with Gasteiger partial charge in [-0.25, -0.2) is 0 Å². The third kappa shape index (κ3) is 1.53. The van der Waals surface area contributed by atoms with E-state index in [9.17, 15) is 0 Å². The highest BCUT2D eigenvalue weighted by atomic mass is 79.9. The summed E-state index contributed by atoms with van der Waals surface area (Å²) in [7, 11) is 0. The molecule has 0 atom stereocenters. The maximum atomic E-state index is 8.69. The van der Waals surface area contributed by atoms with Crippen molar-refractivity contribution in [1.29, 1.82) is 0 Å². The van der Waals surface area contributed by atoms with Crippen LogP contribution in [0.25, 0.3) is 0 Å². The summed E-state index contributed by atoms with van der Waals surface area (Å²) < 4.78 is 0.965. The molecule has 0 aliphatic rings. The fraction of sp³-hybridized carbons (Fsp3) is 0.143. The lowest BCUT2D eigenvalue weighted by molar-refractivity contribution is 0.281. The Morgan fingerprint density at radius 1 is 1.33 bits per heavy atom. The van der Waals surface area contributed by atoms with Crippen LogP contribution in [0.3, 0.4) is 0 Å². The molecule has 0 aromatic heterocycles. The molecule has 2 heteroatoms. The summed E-state index contributed by atoms with van der Waals surface area (Å²) in [4.78, 5) is 0. The van der Waals surface area contributed by atoms with E-state index in [0.717, 1.165) is 10.0 Å². The van der Waals surface area contributed by atoms with E-state index in [1.165, 1.54) is 0 Å². The molecule has 0 aliphatic carbocycles. The molecule has 0 aliphatic heterocycles. The highest BCUT2D eigenvalue weighted by Gasteiger charge is 1.92. The number of hydrogen-bond donors (Lipinski definition) is 1. The molecule has 0 unspecified atom stereocenters. The van der Waals surface area contributed by atoms with Gasteiger partial charge in [-0.2, -0.15) is 0 Å². The normalized spacial score (nSPS) is 9.56. The summed E-state index contributed by atoms with van der Waals surface area (Å²) >= 11 is 3.30. The Bertz CT molecular complexity index is 198. The zero-order chi connectivity index (χ0) is 6.69. The predicted molar refractivity (Wildman–Crippen MR) is 40.1 cm³/mol. The maximum absolute atomic E-state index is 8.69. The minimum atomic E-state index is 0.0986. The maximum Gasteiger partial charge on any atom is 0.0692 e. The highest BCUT2D eigenvalue weighted by Crippen LogP contribution is 2.14. The van der Waals surface area contributed by atoms with Crippen molar-refractivity contribution in [1.82, 2.24) is 0 Å². The molecule has 0 bridgehead atoms. The van der Waals surface area contributed by atoms with Gasteiger partial charge in [-0.15, -0.1) is 0 Å². The van der Waals surface area contributed by atoms with Crippen LogP contribution in [-0.2, 0) is 6.61 Å². The van der Waals surface area contributed by atoms with Gasteiger partial charge in [0.25, 0.3) is 0 Å². The van der Waals surface area contributed by atoms with Crippen LogP contribution in [0.1, 0.15) is 5.56 Å². The first-order chi connectivity index (χ1) is 4.34. The number of rotatable bonds is 1. The second-order valence-corrected chi connectivity index (χ2v) is 2.60. The summed E-state index contributed by atoms with van der Waals surface area (Å²) in [6, 6.07) is 7.61. The number of halogens is 1. The second-order valence-electron chi connectivity index (χ2n) is 1.75. The zero-order valence-corrected chi connectivity index (χ0v) is 6.43. The number of hydrogen-bond acceptors (Lipinski definition) is 1. The van der Waals surface area contributed by atoms with Crippen molar-refractivity contribution in [3.05, 3.63) is 34.3 Å². The van der Waals surface area contributed by atoms with E-state index in [4.69, 9.17) is 5.11 Å². The first kappa shape index (κ1) is 6.78. The molecule has 1 aromatic carbocycles. The lowest BCUT2D eigenvalue weighted by Crippen LogP contribution is -1.81. The minimum absolute atomic E-state index is 0.0986. The van der Waals surface area contributed by atoms with E-state index >= 15 is 0 Å². The summed E-state index contributed by atoms with van der Waals surface area (Å²) in [5.41, 5.74) is 0.928. The van der Waals surface area contributed by atoms with Crippen molar-refractivity contribution < 1.29 is 5.11 Å². The van der Waals surface area contributed by atoms with Crippen LogP contribution < -0.4 is 0 Å². The van der Waals surface area contributed by atoms with Crippen molar-refractivity contribution in [3.63, 3.8) is 0 Å². The SMILES string of the molecule is OC[13c]1[13cH][13cH][13cH][13cH][13c]1Br. The Kier molecular flexibility index (Phi) is 2.25. The van der Waals surface area contributed by atoms with Gasteiger partial charge in [-0.1, -0.05) is 34.1 Å². The first-order valence-corrected chi connectivity index (χ1v) is 3.48. The van der Waals surface area contributed by atoms with E-state index < -0.39 is 0 Å². The topological polar surface area (TPSA) is 20.2 Å². The number of aliphatic hydroxyl groups excluding tert-OH is 1. The molecule has 9 heavy (non-hydrogen) atoms. The van der Waals surface area contributed by atoms with Crippen LogP contribution in [-0.4, -0.2) is 5.11 Å². The lowest BCUT2D eigenvalue weighted by Gasteiger charge is -1.96. The van der Waals surface area contributed by atoms with Gasteiger partial charge in [-0.3, -0.25) is 0 Å². The third-order valence-corrected chi connectivity index (χ3v) is 1.90. The molecule has 1 nitrogen and oxygen atoms in total. The summed E-state index contributed by atoms with van der Waals surface area (Å²) in [6.07, 6.45) is 0. The Hall–Kier alpha value is -0.340. The van der Waals surface area contributed by atoms with Crippen LogP contribution in [0.2, 0.25) is 0 Å². The van der Waals surface area contributed by atoms with Crippen LogP contribution in [0.15, 0.2) is 28.7 Å². The molecule has 0 amide bonds. The van der Waals surface area contributed by atoms with E-state index in [-0.39, 0.29) is 6.61 Å². The number of aliphatic hydroxyl groups is 1. The second kappa shape index (κ2) is 2.99. The van der Waals surface area contributed by atoms with Crippen LogP contribution in [0, 0.1) is 0 Å². The first-order valence-electron chi connectivity index (χ1n) is 2.69. The zero-order valence-electron chi connectivity index (χ0n) is 4.84. The molecule has 1 N–H and O–H groups in total. The van der Waals surface area contributed by atoms with Gasteiger partial charge in [0.2, 0.25) is 0 Å². The summed E-state index contributed by atoms with van der Waals surface area (Å²) in [5.74, 6) is 0. The molecular weight excluding hydrogens is 186 g/mol. The molecule has 0 saturated heterocycles. The van der Waals surface area contributed by atoms with Crippen molar-refractivity contribution in [2.75, 3.05) is 0 Å². The molecule has 0 spiro atoms. The van der Waals surface area contributed by atoms with Crippen molar-refractivity contribution in [3.8, 4) is 0 Å². The molecule has 1 rings (SSSR count). The molecule has 0 radical (unpaired) electrons. The molecule has 0 heterocycles. The van der Waals surface area contributed by atoms with Gasteiger partial charge in [0.05, 0.1) is 6.61 Å². The van der Waals surface area contributed by atoms with E-state index in [2.05, 4.69) is 15.9 Å². The molecule has 1 aromatic rings. The van der Waals surface area contributed by atoms with Gasteiger partial charge < -0.3 is 5.11 Å². The lowest BCUT2D eigenvalue weighted by atomic mass is 11.0. The Balaban J connectivity index is 3.01. The van der Waals surface area contributed by atoms with Gasteiger partial charge in [-0.05, 0) is 11.6 Å². The van der Waals surface area contributed by atoms with Crippen LogP contribution in [0.5, 0.6) is 0 Å². The Morgan fingerprint density at radius 2 is 2.00 bits per heavy atom. The van der Waals surface area contributed by atoms with Gasteiger partial charge >= 0.3 is 0 Å². The highest BCUT2D eigenvalue weighted by molar-refractivity contribution is 9.10. The Morgan fingerprint density at radius 3 is 2.44 bits per heavy atom. The molecule has 0 fully saturated rings. The average Bonchev–Trinajstić information content (AvgIpc) is 1.89. The monoisotopic (exact) mass is 192 g/mol. The molecular formula is C7H7BrO. The summed E-state index contributed by atoms with van der Waals surface area (Å²) in [6.45, 7) is 0.0986. The smallest absolute Gasteiger partial charge is 0.0692 e. The van der Waals surface area contributed by atoms with Crippen molar-refractivity contribution in [2.45, 2.75) is 6.61 Å². The van der Waals surface area contributed by atoms with Gasteiger partial charge in [0.1, 0.15) is 0 Å². The van der Waals surface area contributed by atoms with Crippen molar-refractivity contribution in [2.24, 2.45) is 0 Å². The predicted octanol–water partition coefficient (Wildman–Crippen LogP) is 1.94. The minimum Gasteiger partial charge on any atom is -0.392 e. The molecule has 0 saturated carbocycles. The van der Waals surface area contributed by atoms with E-state index in [1.54, 1.807) is 0 Å². The average molecular weight is 193 g/mol. The van der Waals surface area contributed by atoms with E-state index in [0.29, 0.717) is 0 Å².